The summed E-state index contributed by atoms with van der Waals surface area (Å²) in [6.45, 7) is 4.22. The Morgan fingerprint density at radius 1 is 1.00 bits per heavy atom. The topological polar surface area (TPSA) is 55.3 Å². The maximum absolute atomic E-state index is 12.8. The molecule has 4 aromatic rings. The Bertz CT molecular complexity index is 1090. The summed E-state index contributed by atoms with van der Waals surface area (Å²) in [7, 11) is 0. The number of thiophene rings is 2. The van der Waals surface area contributed by atoms with Gasteiger partial charge >= 0.3 is 0 Å². The van der Waals surface area contributed by atoms with Crippen molar-refractivity contribution in [2.45, 2.75) is 19.9 Å². The van der Waals surface area contributed by atoms with Crippen LogP contribution < -0.4 is 15.6 Å². The highest BCUT2D eigenvalue weighted by molar-refractivity contribution is 7.16. The minimum atomic E-state index is -0.0932. The van der Waals surface area contributed by atoms with Crippen molar-refractivity contribution in [3.05, 3.63) is 98.7 Å². The molecule has 0 fully saturated rings. The Hall–Kier alpha value is -2.96. The van der Waals surface area contributed by atoms with Crippen LogP contribution in [0.4, 0.5) is 10.8 Å². The lowest BCUT2D eigenvalue weighted by Gasteiger charge is -2.16. The number of benzene rings is 1. The third-order valence-corrected chi connectivity index (χ3v) is 6.90. The van der Waals surface area contributed by atoms with Gasteiger partial charge in [-0.05, 0) is 49.1 Å². The van der Waals surface area contributed by atoms with Gasteiger partial charge in [-0.2, -0.15) is 0 Å². The van der Waals surface area contributed by atoms with Crippen molar-refractivity contribution in [2.24, 2.45) is 0 Å². The van der Waals surface area contributed by atoms with Crippen molar-refractivity contribution in [1.29, 1.82) is 0 Å². The molecule has 0 bridgehead atoms. The van der Waals surface area contributed by atoms with E-state index in [4.69, 9.17) is 0 Å². The van der Waals surface area contributed by atoms with Crippen LogP contribution in [0.5, 0.6) is 0 Å². The maximum atomic E-state index is 12.8. The van der Waals surface area contributed by atoms with E-state index in [1.807, 2.05) is 54.7 Å². The predicted molar refractivity (Wildman–Crippen MR) is 121 cm³/mol. The van der Waals surface area contributed by atoms with E-state index in [9.17, 15) is 4.79 Å². The molecule has 0 unspecified atom stereocenters. The molecule has 0 saturated carbocycles. The molecule has 0 aliphatic rings. The first-order valence-corrected chi connectivity index (χ1v) is 11.1. The molecule has 0 radical (unpaired) electrons. The molecule has 4 nitrogen and oxygen atoms in total. The Balaban J connectivity index is 1.73. The van der Waals surface area contributed by atoms with E-state index < -0.39 is 0 Å². The second-order valence-electron chi connectivity index (χ2n) is 6.72. The number of carbonyl (C=O) groups excluding carboxylic acids is 1. The largest absolute Gasteiger partial charge is 0.313 e. The first-order chi connectivity index (χ1) is 14.1. The standard InChI is InChI=1S/C23H21N3OS2/c1-15-16(2)29-23(26-22(27)17-9-4-3-5-10-17)20(15)21(18-11-8-14-28-18)25-19-12-6-7-13-24-19/h3-14,21H,1-2H3,(H,24,25)(H,26,27)/p+1/t21-/m1/s1. The summed E-state index contributed by atoms with van der Waals surface area (Å²) in [5.41, 5.74) is 2.95. The molecule has 1 atom stereocenters. The summed E-state index contributed by atoms with van der Waals surface area (Å²) >= 11 is 3.33. The Kier molecular flexibility index (Phi) is 5.74. The zero-order valence-corrected chi connectivity index (χ0v) is 17.9. The SMILES string of the molecule is Cc1sc(NC(=O)c2ccccc2)c([C@H](Nc2cccc[nH+]2)c2cccs2)c1C. The molecule has 3 aromatic heterocycles. The number of aromatic amines is 1. The summed E-state index contributed by atoms with van der Waals surface area (Å²) in [4.78, 5) is 18.5. The summed E-state index contributed by atoms with van der Waals surface area (Å²) in [5.74, 6) is 0.832. The van der Waals surface area contributed by atoms with Crippen LogP contribution in [0.2, 0.25) is 0 Å². The van der Waals surface area contributed by atoms with Gasteiger partial charge in [0.05, 0.1) is 11.1 Å². The quantitative estimate of drug-likeness (QED) is 0.421. The van der Waals surface area contributed by atoms with Crippen molar-refractivity contribution >= 4 is 39.4 Å². The van der Waals surface area contributed by atoms with Gasteiger partial charge < -0.3 is 5.32 Å². The van der Waals surface area contributed by atoms with Gasteiger partial charge in [0.1, 0.15) is 5.00 Å². The first-order valence-electron chi connectivity index (χ1n) is 9.36. The lowest BCUT2D eigenvalue weighted by Crippen LogP contribution is -2.20. The molecule has 3 N–H and O–H groups in total. The van der Waals surface area contributed by atoms with Gasteiger partial charge in [-0.3, -0.25) is 10.1 Å². The Morgan fingerprint density at radius 2 is 1.79 bits per heavy atom. The zero-order valence-electron chi connectivity index (χ0n) is 16.2. The highest BCUT2D eigenvalue weighted by atomic mass is 32.1. The number of pyridine rings is 1. The van der Waals surface area contributed by atoms with E-state index in [1.165, 1.54) is 15.3 Å². The minimum absolute atomic E-state index is 0.0651. The number of rotatable bonds is 6. The van der Waals surface area contributed by atoms with E-state index in [0.717, 1.165) is 16.4 Å². The van der Waals surface area contributed by atoms with Crippen molar-refractivity contribution < 1.29 is 9.78 Å². The third kappa shape index (κ3) is 4.23. The van der Waals surface area contributed by atoms with Gasteiger partial charge in [-0.25, -0.2) is 4.98 Å². The van der Waals surface area contributed by atoms with Crippen molar-refractivity contribution in [3.8, 4) is 0 Å². The molecule has 0 aliphatic carbocycles. The molecule has 0 aliphatic heterocycles. The lowest BCUT2D eigenvalue weighted by atomic mass is 10.0. The van der Waals surface area contributed by atoms with Crippen LogP contribution in [0.15, 0.2) is 72.2 Å². The number of carbonyl (C=O) groups is 1. The molecule has 0 saturated heterocycles. The number of aromatic nitrogens is 1. The van der Waals surface area contributed by atoms with E-state index in [1.54, 1.807) is 22.7 Å². The molecular weight excluding hydrogens is 398 g/mol. The molecule has 146 valence electrons. The van der Waals surface area contributed by atoms with E-state index in [2.05, 4.69) is 47.0 Å². The Morgan fingerprint density at radius 3 is 2.48 bits per heavy atom. The number of hydrogen-bond acceptors (Lipinski definition) is 4. The highest BCUT2D eigenvalue weighted by Gasteiger charge is 2.28. The fraction of sp³-hybridized carbons (Fsp3) is 0.130. The van der Waals surface area contributed by atoms with Crippen LogP contribution in [0, 0.1) is 13.8 Å². The average molecular weight is 421 g/mol. The molecule has 1 aromatic carbocycles. The number of aryl methyl sites for hydroxylation is 1. The summed E-state index contributed by atoms with van der Waals surface area (Å²) in [6, 6.07) is 19.4. The number of H-pyrrole nitrogens is 1. The average Bonchev–Trinajstić information content (AvgIpc) is 3.37. The summed E-state index contributed by atoms with van der Waals surface area (Å²) in [5, 5.41) is 9.73. The van der Waals surface area contributed by atoms with Crippen molar-refractivity contribution in [1.82, 2.24) is 0 Å². The smallest absolute Gasteiger partial charge is 0.272 e. The monoisotopic (exact) mass is 420 g/mol. The van der Waals surface area contributed by atoms with Crippen LogP contribution in [0.3, 0.4) is 0 Å². The van der Waals surface area contributed by atoms with Crippen molar-refractivity contribution in [3.63, 3.8) is 0 Å². The molecular formula is C23H22N3OS2+. The van der Waals surface area contributed by atoms with Gasteiger partial charge in [0.25, 0.3) is 11.7 Å². The number of nitrogens with one attached hydrogen (secondary N) is 3. The second-order valence-corrected chi connectivity index (χ2v) is 8.92. The van der Waals surface area contributed by atoms with Gasteiger partial charge in [-0.1, -0.05) is 30.3 Å². The van der Waals surface area contributed by atoms with Crippen LogP contribution in [0.1, 0.15) is 37.3 Å². The maximum Gasteiger partial charge on any atom is 0.272 e. The minimum Gasteiger partial charge on any atom is -0.313 e. The zero-order chi connectivity index (χ0) is 20.2. The number of hydrogen-bond donors (Lipinski definition) is 2. The molecule has 3 heterocycles. The van der Waals surface area contributed by atoms with E-state index in [0.29, 0.717) is 5.56 Å². The third-order valence-electron chi connectivity index (χ3n) is 4.82. The molecule has 29 heavy (non-hydrogen) atoms. The van der Waals surface area contributed by atoms with Gasteiger partial charge in [0, 0.05) is 22.1 Å². The van der Waals surface area contributed by atoms with Crippen LogP contribution in [-0.2, 0) is 0 Å². The molecule has 1 amide bonds. The highest BCUT2D eigenvalue weighted by Crippen LogP contribution is 2.41. The summed E-state index contributed by atoms with van der Waals surface area (Å²) < 4.78 is 0. The van der Waals surface area contributed by atoms with Crippen LogP contribution >= 0.6 is 22.7 Å². The predicted octanol–water partition coefficient (Wildman–Crippen LogP) is 5.69. The van der Waals surface area contributed by atoms with Crippen LogP contribution in [-0.4, -0.2) is 5.91 Å². The first kappa shape index (κ1) is 19.4. The van der Waals surface area contributed by atoms with E-state index >= 15 is 0 Å². The van der Waals surface area contributed by atoms with Crippen LogP contribution in [0.25, 0.3) is 0 Å². The number of anilines is 2. The molecule has 6 heteroatoms. The van der Waals surface area contributed by atoms with Crippen molar-refractivity contribution in [2.75, 3.05) is 10.6 Å². The van der Waals surface area contributed by atoms with Gasteiger partial charge in [-0.15, -0.1) is 22.7 Å². The second kappa shape index (κ2) is 8.59. The molecule has 4 rings (SSSR count). The normalized spacial score (nSPS) is 11.8. The van der Waals surface area contributed by atoms with E-state index in [-0.39, 0.29) is 11.9 Å². The summed E-state index contributed by atoms with van der Waals surface area (Å²) in [6.07, 6.45) is 1.90. The fourth-order valence-corrected chi connectivity index (χ4v) is 5.11. The lowest BCUT2D eigenvalue weighted by molar-refractivity contribution is -0.361. The van der Waals surface area contributed by atoms with Gasteiger partial charge in [0.15, 0.2) is 6.04 Å². The molecule has 0 spiro atoms. The Labute approximate surface area is 178 Å². The number of amides is 1. The fourth-order valence-electron chi connectivity index (χ4n) is 3.23. The van der Waals surface area contributed by atoms with Gasteiger partial charge in [0.2, 0.25) is 0 Å².